The molecule has 2 N–H and O–H groups in total. The highest BCUT2D eigenvalue weighted by molar-refractivity contribution is 5.74. The number of aliphatic carboxylic acids is 1. The molecule has 0 bridgehead atoms. The van der Waals surface area contributed by atoms with Crippen molar-refractivity contribution in [2.24, 2.45) is 5.92 Å². The van der Waals surface area contributed by atoms with Gasteiger partial charge in [-0.3, -0.25) is 9.89 Å². The molecule has 0 spiro atoms. The summed E-state index contributed by atoms with van der Waals surface area (Å²) in [5, 5.41) is 15.1. The number of carboxylic acid groups (broad SMARTS) is 1. The van der Waals surface area contributed by atoms with Crippen molar-refractivity contribution in [3.8, 4) is 0 Å². The van der Waals surface area contributed by atoms with E-state index in [0.29, 0.717) is 0 Å². The minimum Gasteiger partial charge on any atom is -0.481 e. The molecule has 1 fully saturated rings. The molecule has 0 amide bonds. The smallest absolute Gasteiger partial charge is 0.307 e. The maximum atomic E-state index is 10.4. The number of nitrogens with zero attached hydrogens (tertiary/aromatic N) is 1. The Morgan fingerprint density at radius 2 is 2.64 bits per heavy atom. The van der Waals surface area contributed by atoms with Gasteiger partial charge < -0.3 is 5.11 Å². The Labute approximate surface area is 63.2 Å². The number of aromatic amines is 1. The van der Waals surface area contributed by atoms with Crippen molar-refractivity contribution in [3.05, 3.63) is 18.0 Å². The van der Waals surface area contributed by atoms with E-state index in [1.165, 1.54) is 0 Å². The number of rotatable bonds is 2. The second-order valence-electron chi connectivity index (χ2n) is 2.80. The Kier molecular flexibility index (Phi) is 1.21. The average molecular weight is 152 g/mol. The van der Waals surface area contributed by atoms with Gasteiger partial charge in [0.25, 0.3) is 0 Å². The van der Waals surface area contributed by atoms with Crippen LogP contribution in [0.15, 0.2) is 12.3 Å². The van der Waals surface area contributed by atoms with Gasteiger partial charge in [0.05, 0.1) is 5.92 Å². The molecule has 0 aliphatic heterocycles. The van der Waals surface area contributed by atoms with Crippen molar-refractivity contribution in [3.63, 3.8) is 0 Å². The van der Waals surface area contributed by atoms with Crippen molar-refractivity contribution >= 4 is 5.97 Å². The molecule has 1 aromatic rings. The van der Waals surface area contributed by atoms with E-state index in [4.69, 9.17) is 5.11 Å². The topological polar surface area (TPSA) is 66.0 Å². The van der Waals surface area contributed by atoms with Crippen molar-refractivity contribution < 1.29 is 9.90 Å². The number of aromatic nitrogens is 2. The Hall–Kier alpha value is -1.32. The molecule has 4 nitrogen and oxygen atoms in total. The van der Waals surface area contributed by atoms with Gasteiger partial charge in [0.2, 0.25) is 0 Å². The summed E-state index contributed by atoms with van der Waals surface area (Å²) in [6, 6.07) is 1.83. The quantitative estimate of drug-likeness (QED) is 0.652. The highest BCUT2D eigenvalue weighted by atomic mass is 16.4. The van der Waals surface area contributed by atoms with E-state index in [-0.39, 0.29) is 11.8 Å². The molecular weight excluding hydrogens is 144 g/mol. The van der Waals surface area contributed by atoms with Crippen LogP contribution in [-0.4, -0.2) is 21.3 Å². The molecule has 1 aromatic heterocycles. The van der Waals surface area contributed by atoms with E-state index < -0.39 is 5.97 Å². The Morgan fingerprint density at radius 3 is 3.09 bits per heavy atom. The van der Waals surface area contributed by atoms with Gasteiger partial charge in [0.1, 0.15) is 0 Å². The molecule has 2 rings (SSSR count). The van der Waals surface area contributed by atoms with Crippen LogP contribution >= 0.6 is 0 Å². The summed E-state index contributed by atoms with van der Waals surface area (Å²) >= 11 is 0. The lowest BCUT2D eigenvalue weighted by molar-refractivity contribution is -0.138. The normalized spacial score (nSPS) is 28.4. The van der Waals surface area contributed by atoms with Gasteiger partial charge in [-0.25, -0.2) is 0 Å². The third-order valence-corrected chi connectivity index (χ3v) is 2.03. The molecule has 1 aliphatic rings. The van der Waals surface area contributed by atoms with Crippen LogP contribution in [-0.2, 0) is 4.79 Å². The molecule has 1 aliphatic carbocycles. The lowest BCUT2D eigenvalue weighted by atomic mass is 10.2. The molecule has 2 atom stereocenters. The van der Waals surface area contributed by atoms with Gasteiger partial charge in [-0.05, 0) is 12.5 Å². The lowest BCUT2D eigenvalue weighted by Crippen LogP contribution is -1.98. The summed E-state index contributed by atoms with van der Waals surface area (Å²) < 4.78 is 0. The maximum Gasteiger partial charge on any atom is 0.307 e. The van der Waals surface area contributed by atoms with Crippen molar-refractivity contribution in [2.75, 3.05) is 0 Å². The van der Waals surface area contributed by atoms with Crippen LogP contribution in [0.4, 0.5) is 0 Å². The van der Waals surface area contributed by atoms with Crippen LogP contribution in [0.3, 0.4) is 0 Å². The molecule has 58 valence electrons. The molecule has 0 aromatic carbocycles. The Morgan fingerprint density at radius 1 is 1.82 bits per heavy atom. The Balaban J connectivity index is 2.08. The molecule has 11 heavy (non-hydrogen) atoms. The minimum absolute atomic E-state index is 0.176. The van der Waals surface area contributed by atoms with Crippen molar-refractivity contribution in [1.82, 2.24) is 10.2 Å². The Bertz CT molecular complexity index is 268. The van der Waals surface area contributed by atoms with Gasteiger partial charge in [-0.15, -0.1) is 0 Å². The second-order valence-corrected chi connectivity index (χ2v) is 2.80. The largest absolute Gasteiger partial charge is 0.481 e. The first-order valence-electron chi connectivity index (χ1n) is 3.51. The molecule has 0 unspecified atom stereocenters. The van der Waals surface area contributed by atoms with Crippen LogP contribution in [0.1, 0.15) is 18.0 Å². The standard InChI is InChI=1S/C7H8N2O2/c10-7(11)5-3-4(5)6-1-2-8-9-6/h1-2,4-5H,3H2,(H,8,9)(H,10,11)/t4-,5+/m1/s1. The monoisotopic (exact) mass is 152 g/mol. The first-order valence-corrected chi connectivity index (χ1v) is 3.51. The number of hydrogen-bond donors (Lipinski definition) is 2. The van der Waals surface area contributed by atoms with Gasteiger partial charge in [0.15, 0.2) is 0 Å². The average Bonchev–Trinajstić information content (AvgIpc) is 2.60. The fourth-order valence-electron chi connectivity index (χ4n) is 1.28. The summed E-state index contributed by atoms with van der Waals surface area (Å²) in [5.74, 6) is -0.713. The fourth-order valence-corrected chi connectivity index (χ4v) is 1.28. The number of H-pyrrole nitrogens is 1. The van der Waals surface area contributed by atoms with E-state index in [0.717, 1.165) is 12.1 Å². The zero-order valence-corrected chi connectivity index (χ0v) is 5.82. The zero-order chi connectivity index (χ0) is 7.84. The van der Waals surface area contributed by atoms with Gasteiger partial charge in [-0.2, -0.15) is 5.10 Å². The summed E-state index contributed by atoms with van der Waals surface area (Å²) in [5.41, 5.74) is 0.942. The number of carbonyl (C=O) groups is 1. The van der Waals surface area contributed by atoms with Gasteiger partial charge in [-0.1, -0.05) is 0 Å². The third-order valence-electron chi connectivity index (χ3n) is 2.03. The van der Waals surface area contributed by atoms with Gasteiger partial charge >= 0.3 is 5.97 Å². The predicted molar refractivity (Wildman–Crippen MR) is 37.1 cm³/mol. The SMILES string of the molecule is O=C(O)[C@H]1C[C@H]1c1ccn[nH]1. The molecular formula is C7H8N2O2. The second kappa shape index (κ2) is 2.08. The first kappa shape index (κ1) is 6.39. The van der Waals surface area contributed by atoms with Crippen LogP contribution in [0.5, 0.6) is 0 Å². The zero-order valence-electron chi connectivity index (χ0n) is 5.82. The minimum atomic E-state index is -0.704. The third kappa shape index (κ3) is 1.00. The lowest BCUT2D eigenvalue weighted by Gasteiger charge is -1.89. The van der Waals surface area contributed by atoms with E-state index in [1.54, 1.807) is 6.20 Å². The summed E-state index contributed by atoms with van der Waals surface area (Å²) in [4.78, 5) is 10.4. The van der Waals surface area contributed by atoms with E-state index in [9.17, 15) is 4.79 Å². The van der Waals surface area contributed by atoms with E-state index in [1.807, 2.05) is 6.07 Å². The van der Waals surface area contributed by atoms with Crippen LogP contribution in [0.2, 0.25) is 0 Å². The van der Waals surface area contributed by atoms with Crippen molar-refractivity contribution in [2.45, 2.75) is 12.3 Å². The fraction of sp³-hybridized carbons (Fsp3) is 0.429. The highest BCUT2D eigenvalue weighted by Crippen LogP contribution is 2.46. The summed E-state index contributed by atoms with van der Waals surface area (Å²) in [6.45, 7) is 0. The van der Waals surface area contributed by atoms with Gasteiger partial charge in [0, 0.05) is 17.8 Å². The summed E-state index contributed by atoms with van der Waals surface area (Å²) in [7, 11) is 0. The van der Waals surface area contributed by atoms with Crippen LogP contribution in [0, 0.1) is 5.92 Å². The van der Waals surface area contributed by atoms with Crippen molar-refractivity contribution in [1.29, 1.82) is 0 Å². The molecule has 1 saturated carbocycles. The summed E-state index contributed by atoms with van der Waals surface area (Å²) in [6.07, 6.45) is 2.39. The molecule has 0 saturated heterocycles. The molecule has 1 heterocycles. The molecule has 0 radical (unpaired) electrons. The van der Waals surface area contributed by atoms with E-state index in [2.05, 4.69) is 10.2 Å². The maximum absolute atomic E-state index is 10.4. The predicted octanol–water partition coefficient (Wildman–Crippen LogP) is 0.598. The number of carboxylic acids is 1. The molecule has 4 heteroatoms. The number of nitrogens with one attached hydrogen (secondary N) is 1. The van der Waals surface area contributed by atoms with E-state index >= 15 is 0 Å². The number of hydrogen-bond acceptors (Lipinski definition) is 2. The highest BCUT2D eigenvalue weighted by Gasteiger charge is 2.44. The van der Waals surface area contributed by atoms with Crippen LogP contribution in [0.25, 0.3) is 0 Å². The van der Waals surface area contributed by atoms with Crippen LogP contribution < -0.4 is 0 Å². The first-order chi connectivity index (χ1) is 5.29.